The number of nitrogens with zero attached hydrogens (tertiary/aromatic N) is 1. The first kappa shape index (κ1) is 14.0. The molecule has 0 aromatic heterocycles. The number of benzene rings is 1. The number of nitro benzene ring substituents is 1. The van der Waals surface area contributed by atoms with Gasteiger partial charge in [-0.3, -0.25) is 14.9 Å². The van der Waals surface area contributed by atoms with Crippen LogP contribution in [0.15, 0.2) is 18.2 Å². The van der Waals surface area contributed by atoms with E-state index < -0.39 is 10.9 Å². The first-order valence-electron chi connectivity index (χ1n) is 5.67. The summed E-state index contributed by atoms with van der Waals surface area (Å²) in [5.41, 5.74) is 1.12. The molecule has 1 atom stereocenters. The molecule has 0 bridgehead atoms. The van der Waals surface area contributed by atoms with Crippen molar-refractivity contribution in [3.05, 3.63) is 33.9 Å². The number of hydrogen-bond acceptors (Lipinski definition) is 4. The second-order valence-corrected chi connectivity index (χ2v) is 4.13. The van der Waals surface area contributed by atoms with E-state index in [-0.39, 0.29) is 18.2 Å². The van der Waals surface area contributed by atoms with E-state index in [0.717, 1.165) is 5.56 Å². The number of rotatable bonds is 6. The lowest BCUT2D eigenvalue weighted by Gasteiger charge is -2.16. The molecule has 0 radical (unpaired) electrons. The van der Waals surface area contributed by atoms with Crippen LogP contribution in [0.4, 0.5) is 11.4 Å². The molecule has 0 fully saturated rings. The van der Waals surface area contributed by atoms with E-state index in [2.05, 4.69) is 5.32 Å². The highest BCUT2D eigenvalue weighted by atomic mass is 16.6. The number of anilines is 1. The molecule has 0 aliphatic heterocycles. The molecule has 0 saturated heterocycles. The van der Waals surface area contributed by atoms with Gasteiger partial charge in [0.25, 0.3) is 5.69 Å². The highest BCUT2D eigenvalue weighted by Crippen LogP contribution is 2.26. The van der Waals surface area contributed by atoms with Gasteiger partial charge < -0.3 is 10.4 Å². The maximum absolute atomic E-state index is 10.9. The monoisotopic (exact) mass is 252 g/mol. The Labute approximate surface area is 105 Å². The Hall–Kier alpha value is -2.11. The normalized spacial score (nSPS) is 11.9. The smallest absolute Gasteiger partial charge is 0.305 e. The number of carboxylic acid groups (broad SMARTS) is 1. The molecule has 0 amide bonds. The summed E-state index contributed by atoms with van der Waals surface area (Å²) < 4.78 is 0. The Balaban J connectivity index is 2.95. The van der Waals surface area contributed by atoms with Gasteiger partial charge in [0.15, 0.2) is 0 Å². The highest BCUT2D eigenvalue weighted by Gasteiger charge is 2.18. The first-order chi connectivity index (χ1) is 8.43. The molecule has 1 unspecified atom stereocenters. The van der Waals surface area contributed by atoms with Gasteiger partial charge >= 0.3 is 5.97 Å². The van der Waals surface area contributed by atoms with Crippen LogP contribution in [0.5, 0.6) is 0 Å². The minimum atomic E-state index is -0.927. The van der Waals surface area contributed by atoms with E-state index in [0.29, 0.717) is 12.1 Å². The SMILES string of the molecule is CCC(CC(=O)O)Nc1ccc(C)cc1[N+](=O)[O-]. The van der Waals surface area contributed by atoms with Crippen LogP contribution >= 0.6 is 0 Å². The highest BCUT2D eigenvalue weighted by molar-refractivity contribution is 5.69. The van der Waals surface area contributed by atoms with Gasteiger partial charge in [-0.1, -0.05) is 13.0 Å². The Kier molecular flexibility index (Phi) is 4.65. The number of aryl methyl sites for hydroxylation is 1. The average molecular weight is 252 g/mol. The molecule has 0 heterocycles. The number of nitrogens with one attached hydrogen (secondary N) is 1. The van der Waals surface area contributed by atoms with Crippen molar-refractivity contribution in [2.75, 3.05) is 5.32 Å². The summed E-state index contributed by atoms with van der Waals surface area (Å²) in [5, 5.41) is 22.6. The summed E-state index contributed by atoms with van der Waals surface area (Å²) in [7, 11) is 0. The summed E-state index contributed by atoms with van der Waals surface area (Å²) in [4.78, 5) is 21.1. The van der Waals surface area contributed by atoms with Gasteiger partial charge in [-0.05, 0) is 25.0 Å². The standard InChI is InChI=1S/C12H16N2O4/c1-3-9(7-12(15)16)13-10-5-4-8(2)6-11(10)14(17)18/h4-6,9,13H,3,7H2,1-2H3,(H,15,16). The van der Waals surface area contributed by atoms with E-state index in [9.17, 15) is 14.9 Å². The first-order valence-corrected chi connectivity index (χ1v) is 5.67. The molecule has 6 heteroatoms. The van der Waals surface area contributed by atoms with Crippen molar-refractivity contribution >= 4 is 17.3 Å². The molecule has 0 aliphatic carbocycles. The maximum atomic E-state index is 10.9. The molecule has 0 saturated carbocycles. The van der Waals surface area contributed by atoms with E-state index in [1.54, 1.807) is 19.1 Å². The largest absolute Gasteiger partial charge is 0.481 e. The zero-order valence-corrected chi connectivity index (χ0v) is 10.3. The molecule has 1 rings (SSSR count). The fourth-order valence-electron chi connectivity index (χ4n) is 1.64. The van der Waals surface area contributed by atoms with Crippen LogP contribution in [0.3, 0.4) is 0 Å². The van der Waals surface area contributed by atoms with Gasteiger partial charge in [-0.2, -0.15) is 0 Å². The topological polar surface area (TPSA) is 92.5 Å². The van der Waals surface area contributed by atoms with E-state index in [1.807, 2.05) is 6.92 Å². The minimum absolute atomic E-state index is 0.0289. The summed E-state index contributed by atoms with van der Waals surface area (Å²) >= 11 is 0. The average Bonchev–Trinajstić information content (AvgIpc) is 2.29. The minimum Gasteiger partial charge on any atom is -0.481 e. The lowest BCUT2D eigenvalue weighted by Crippen LogP contribution is -2.22. The summed E-state index contributed by atoms with van der Waals surface area (Å²) in [5.74, 6) is -0.927. The van der Waals surface area contributed by atoms with Crippen LogP contribution < -0.4 is 5.32 Å². The summed E-state index contributed by atoms with van der Waals surface area (Å²) in [6, 6.07) is 4.51. The van der Waals surface area contributed by atoms with Gasteiger partial charge in [-0.25, -0.2) is 0 Å². The fraction of sp³-hybridized carbons (Fsp3) is 0.417. The van der Waals surface area contributed by atoms with Crippen LogP contribution in [0.1, 0.15) is 25.3 Å². The molecule has 0 spiro atoms. The van der Waals surface area contributed by atoms with Crippen molar-refractivity contribution in [3.8, 4) is 0 Å². The molecular formula is C12H16N2O4. The number of carbonyl (C=O) groups is 1. The zero-order chi connectivity index (χ0) is 13.7. The Morgan fingerprint density at radius 2 is 2.22 bits per heavy atom. The summed E-state index contributed by atoms with van der Waals surface area (Å²) in [6.07, 6.45) is 0.513. The third-order valence-electron chi connectivity index (χ3n) is 2.62. The molecule has 0 aliphatic rings. The van der Waals surface area contributed by atoms with Crippen molar-refractivity contribution in [2.45, 2.75) is 32.7 Å². The molecule has 2 N–H and O–H groups in total. The second-order valence-electron chi connectivity index (χ2n) is 4.13. The molecule has 1 aromatic carbocycles. The van der Waals surface area contributed by atoms with Gasteiger partial charge in [0.1, 0.15) is 5.69 Å². The van der Waals surface area contributed by atoms with Gasteiger partial charge in [0, 0.05) is 12.1 Å². The predicted molar refractivity (Wildman–Crippen MR) is 67.8 cm³/mol. The third kappa shape index (κ3) is 3.73. The number of nitro groups is 1. The van der Waals surface area contributed by atoms with Gasteiger partial charge in [-0.15, -0.1) is 0 Å². The molecule has 1 aromatic rings. The van der Waals surface area contributed by atoms with E-state index >= 15 is 0 Å². The molecular weight excluding hydrogens is 236 g/mol. The number of aliphatic carboxylic acids is 1. The van der Waals surface area contributed by atoms with Crippen LogP contribution in [0.2, 0.25) is 0 Å². The lowest BCUT2D eigenvalue weighted by molar-refractivity contribution is -0.384. The zero-order valence-electron chi connectivity index (χ0n) is 10.3. The van der Waals surface area contributed by atoms with Crippen molar-refractivity contribution in [3.63, 3.8) is 0 Å². The lowest BCUT2D eigenvalue weighted by atomic mass is 10.1. The predicted octanol–water partition coefficient (Wildman–Crippen LogP) is 2.57. The van der Waals surface area contributed by atoms with Crippen LogP contribution in [-0.2, 0) is 4.79 Å². The number of hydrogen-bond donors (Lipinski definition) is 2. The molecule has 98 valence electrons. The quantitative estimate of drug-likeness (QED) is 0.599. The summed E-state index contributed by atoms with van der Waals surface area (Å²) in [6.45, 7) is 3.60. The Bertz CT molecular complexity index is 459. The van der Waals surface area contributed by atoms with Gasteiger partial charge in [0.2, 0.25) is 0 Å². The van der Waals surface area contributed by atoms with Crippen molar-refractivity contribution in [2.24, 2.45) is 0 Å². The van der Waals surface area contributed by atoms with Crippen molar-refractivity contribution < 1.29 is 14.8 Å². The Morgan fingerprint density at radius 3 is 2.72 bits per heavy atom. The van der Waals surface area contributed by atoms with Crippen LogP contribution in [0, 0.1) is 17.0 Å². The Morgan fingerprint density at radius 1 is 1.56 bits per heavy atom. The van der Waals surface area contributed by atoms with Crippen molar-refractivity contribution in [1.29, 1.82) is 0 Å². The molecule has 6 nitrogen and oxygen atoms in total. The number of carboxylic acids is 1. The van der Waals surface area contributed by atoms with E-state index in [4.69, 9.17) is 5.11 Å². The second kappa shape index (κ2) is 6.00. The van der Waals surface area contributed by atoms with Crippen LogP contribution in [-0.4, -0.2) is 22.0 Å². The fourth-order valence-corrected chi connectivity index (χ4v) is 1.64. The van der Waals surface area contributed by atoms with Crippen molar-refractivity contribution in [1.82, 2.24) is 0 Å². The van der Waals surface area contributed by atoms with E-state index in [1.165, 1.54) is 6.07 Å². The molecule has 18 heavy (non-hydrogen) atoms. The van der Waals surface area contributed by atoms with Gasteiger partial charge in [0.05, 0.1) is 11.3 Å². The third-order valence-corrected chi connectivity index (χ3v) is 2.62. The maximum Gasteiger partial charge on any atom is 0.305 e. The van der Waals surface area contributed by atoms with Crippen LogP contribution in [0.25, 0.3) is 0 Å².